The van der Waals surface area contributed by atoms with Crippen molar-refractivity contribution in [2.45, 2.75) is 23.8 Å². The number of aliphatic hydroxyl groups excluding tert-OH is 1. The normalized spacial score (nSPS) is 17.8. The number of nitrogens with one attached hydrogen (secondary N) is 1. The second kappa shape index (κ2) is 7.12. The maximum atomic E-state index is 12.5. The Bertz CT molecular complexity index is 541. The number of sulfonamides is 1. The van der Waals surface area contributed by atoms with Crippen molar-refractivity contribution in [3.8, 4) is 0 Å². The van der Waals surface area contributed by atoms with Crippen LogP contribution in [-0.2, 0) is 14.8 Å². The molecule has 118 valence electrons. The highest BCUT2D eigenvalue weighted by Gasteiger charge is 2.30. The van der Waals surface area contributed by atoms with Crippen molar-refractivity contribution in [1.29, 1.82) is 0 Å². The van der Waals surface area contributed by atoms with Crippen molar-refractivity contribution in [1.82, 2.24) is 14.3 Å². The van der Waals surface area contributed by atoms with Crippen LogP contribution in [0.4, 0.5) is 5.95 Å². The summed E-state index contributed by atoms with van der Waals surface area (Å²) in [6, 6.07) is 0. The highest BCUT2D eigenvalue weighted by atomic mass is 32.2. The van der Waals surface area contributed by atoms with Crippen LogP contribution >= 0.6 is 0 Å². The van der Waals surface area contributed by atoms with E-state index < -0.39 is 10.0 Å². The van der Waals surface area contributed by atoms with Crippen LogP contribution in [0.5, 0.6) is 0 Å². The number of rotatable bonds is 6. The molecule has 0 unspecified atom stereocenters. The van der Waals surface area contributed by atoms with Crippen LogP contribution in [-0.4, -0.2) is 67.3 Å². The molecule has 0 saturated carbocycles. The Balaban J connectivity index is 2.00. The maximum absolute atomic E-state index is 12.5. The molecule has 1 fully saturated rings. The Morgan fingerprint density at radius 1 is 1.38 bits per heavy atom. The topological polar surface area (TPSA) is 105 Å². The van der Waals surface area contributed by atoms with Gasteiger partial charge < -0.3 is 15.2 Å². The van der Waals surface area contributed by atoms with E-state index in [0.29, 0.717) is 31.9 Å². The highest BCUT2D eigenvalue weighted by molar-refractivity contribution is 7.89. The van der Waals surface area contributed by atoms with Crippen LogP contribution in [0.25, 0.3) is 0 Å². The molecule has 2 rings (SSSR count). The van der Waals surface area contributed by atoms with Crippen molar-refractivity contribution in [3.63, 3.8) is 0 Å². The second-order valence-corrected chi connectivity index (χ2v) is 6.63. The van der Waals surface area contributed by atoms with Crippen molar-refractivity contribution in [2.75, 3.05) is 38.7 Å². The van der Waals surface area contributed by atoms with Gasteiger partial charge in [0.25, 0.3) is 0 Å². The van der Waals surface area contributed by atoms with Gasteiger partial charge in [-0.1, -0.05) is 0 Å². The molecule has 21 heavy (non-hydrogen) atoms. The number of hydrogen-bond acceptors (Lipinski definition) is 7. The van der Waals surface area contributed by atoms with E-state index in [-0.39, 0.29) is 24.2 Å². The van der Waals surface area contributed by atoms with Crippen molar-refractivity contribution >= 4 is 16.0 Å². The first-order chi connectivity index (χ1) is 10.1. The monoisotopic (exact) mass is 316 g/mol. The summed E-state index contributed by atoms with van der Waals surface area (Å²) >= 11 is 0. The van der Waals surface area contributed by atoms with Gasteiger partial charge in [0, 0.05) is 20.1 Å². The van der Waals surface area contributed by atoms with Crippen LogP contribution in [0.3, 0.4) is 0 Å². The first kappa shape index (κ1) is 16.1. The summed E-state index contributed by atoms with van der Waals surface area (Å²) in [7, 11) is -1.89. The fourth-order valence-corrected chi connectivity index (χ4v) is 3.55. The van der Waals surface area contributed by atoms with E-state index in [9.17, 15) is 8.42 Å². The molecule has 0 amide bonds. The average Bonchev–Trinajstić information content (AvgIpc) is 2.53. The zero-order chi connectivity index (χ0) is 15.3. The fraction of sp³-hybridized carbons (Fsp3) is 0.667. The molecule has 2 heterocycles. The Hall–Kier alpha value is -1.29. The van der Waals surface area contributed by atoms with E-state index in [0.717, 1.165) is 0 Å². The molecule has 0 radical (unpaired) electrons. The Morgan fingerprint density at radius 2 is 2.00 bits per heavy atom. The largest absolute Gasteiger partial charge is 0.394 e. The predicted octanol–water partition coefficient (Wildman–Crippen LogP) is -0.320. The quantitative estimate of drug-likeness (QED) is 0.741. The van der Waals surface area contributed by atoms with Crippen LogP contribution in [0.2, 0.25) is 0 Å². The third-order valence-corrected chi connectivity index (χ3v) is 5.19. The van der Waals surface area contributed by atoms with Gasteiger partial charge in [-0.15, -0.1) is 0 Å². The van der Waals surface area contributed by atoms with Gasteiger partial charge in [-0.25, -0.2) is 18.4 Å². The summed E-state index contributed by atoms with van der Waals surface area (Å²) in [6.45, 7) is 1.06. The van der Waals surface area contributed by atoms with E-state index in [1.54, 1.807) is 7.05 Å². The molecule has 0 spiro atoms. The van der Waals surface area contributed by atoms with Crippen molar-refractivity contribution in [2.24, 2.45) is 0 Å². The average molecular weight is 316 g/mol. The maximum Gasteiger partial charge on any atom is 0.246 e. The minimum atomic E-state index is -3.56. The Morgan fingerprint density at radius 3 is 2.52 bits per heavy atom. The lowest BCUT2D eigenvalue weighted by atomic mass is 10.1. The van der Waals surface area contributed by atoms with E-state index in [4.69, 9.17) is 9.84 Å². The van der Waals surface area contributed by atoms with Gasteiger partial charge in [0.15, 0.2) is 0 Å². The number of ether oxygens (including phenoxy) is 1. The third kappa shape index (κ3) is 3.88. The molecule has 1 aromatic rings. The lowest BCUT2D eigenvalue weighted by molar-refractivity contribution is 0.00318. The fourth-order valence-electron chi connectivity index (χ4n) is 2.19. The number of nitrogens with zero attached hydrogens (tertiary/aromatic N) is 3. The molecule has 1 aromatic heterocycles. The Kier molecular flexibility index (Phi) is 5.45. The first-order valence-electron chi connectivity index (χ1n) is 6.80. The molecule has 9 heteroatoms. The van der Waals surface area contributed by atoms with Gasteiger partial charge in [-0.3, -0.25) is 0 Å². The van der Waals surface area contributed by atoms with E-state index in [1.165, 1.54) is 16.7 Å². The summed E-state index contributed by atoms with van der Waals surface area (Å²) in [5, 5.41) is 11.5. The predicted molar refractivity (Wildman–Crippen MR) is 76.4 cm³/mol. The van der Waals surface area contributed by atoms with Crippen LogP contribution in [0.1, 0.15) is 12.8 Å². The third-order valence-electron chi connectivity index (χ3n) is 3.34. The SMILES string of the molecule is CNc1ncc(S(=O)(=O)N2CCC(OCCO)CC2)cn1. The molecule has 1 saturated heterocycles. The number of aliphatic hydroxyl groups is 1. The summed E-state index contributed by atoms with van der Waals surface area (Å²) in [5.41, 5.74) is 0. The number of anilines is 1. The molecule has 0 aliphatic carbocycles. The molecular weight excluding hydrogens is 296 g/mol. The lowest BCUT2D eigenvalue weighted by Crippen LogP contribution is -2.41. The minimum absolute atomic E-state index is 0.00603. The van der Waals surface area contributed by atoms with Crippen molar-refractivity contribution < 1.29 is 18.3 Å². The number of hydrogen-bond donors (Lipinski definition) is 2. The molecular formula is C12H20N4O4S. The van der Waals surface area contributed by atoms with Gasteiger partial charge in [-0.05, 0) is 12.8 Å². The summed E-state index contributed by atoms with van der Waals surface area (Å²) in [5.74, 6) is 0.380. The molecule has 1 aliphatic heterocycles. The number of piperidine rings is 1. The first-order valence-corrected chi connectivity index (χ1v) is 8.24. The minimum Gasteiger partial charge on any atom is -0.394 e. The zero-order valence-electron chi connectivity index (χ0n) is 11.9. The Labute approximate surface area is 124 Å². The second-order valence-electron chi connectivity index (χ2n) is 4.69. The smallest absolute Gasteiger partial charge is 0.246 e. The van der Waals surface area contributed by atoms with Gasteiger partial charge in [0.1, 0.15) is 4.90 Å². The van der Waals surface area contributed by atoms with Gasteiger partial charge >= 0.3 is 0 Å². The molecule has 1 aliphatic rings. The molecule has 2 N–H and O–H groups in total. The van der Waals surface area contributed by atoms with Crippen molar-refractivity contribution in [3.05, 3.63) is 12.4 Å². The van der Waals surface area contributed by atoms with Gasteiger partial charge in [0.2, 0.25) is 16.0 Å². The van der Waals surface area contributed by atoms with E-state index in [1.807, 2.05) is 0 Å². The van der Waals surface area contributed by atoms with Crippen LogP contribution < -0.4 is 5.32 Å². The van der Waals surface area contributed by atoms with E-state index >= 15 is 0 Å². The zero-order valence-corrected chi connectivity index (χ0v) is 12.7. The van der Waals surface area contributed by atoms with Crippen LogP contribution in [0, 0.1) is 0 Å². The number of aromatic nitrogens is 2. The molecule has 0 aromatic carbocycles. The molecule has 0 bridgehead atoms. The highest BCUT2D eigenvalue weighted by Crippen LogP contribution is 2.21. The van der Waals surface area contributed by atoms with Gasteiger partial charge in [-0.2, -0.15) is 4.31 Å². The van der Waals surface area contributed by atoms with Crippen LogP contribution in [0.15, 0.2) is 17.3 Å². The molecule has 0 atom stereocenters. The molecule has 8 nitrogen and oxygen atoms in total. The summed E-state index contributed by atoms with van der Waals surface area (Å²) < 4.78 is 31.7. The summed E-state index contributed by atoms with van der Waals surface area (Å²) in [4.78, 5) is 7.96. The van der Waals surface area contributed by atoms with E-state index in [2.05, 4.69) is 15.3 Å². The lowest BCUT2D eigenvalue weighted by Gasteiger charge is -2.30. The van der Waals surface area contributed by atoms with Gasteiger partial charge in [0.05, 0.1) is 31.7 Å². The standard InChI is InChI=1S/C12H20N4O4S/c1-13-12-14-8-11(9-15-12)21(18,19)16-4-2-10(3-5-16)20-7-6-17/h8-10,17H,2-7H2,1H3,(H,13,14,15). The summed E-state index contributed by atoms with van der Waals surface area (Å²) in [6.07, 6.45) is 3.86.